The van der Waals surface area contributed by atoms with Crippen LogP contribution in [0.5, 0.6) is 0 Å². The monoisotopic (exact) mass is 392 g/mol. The predicted octanol–water partition coefficient (Wildman–Crippen LogP) is 5.64. The number of hydrogen-bond acceptors (Lipinski definition) is 4. The topological polar surface area (TPSA) is 44.8 Å². The van der Waals surface area contributed by atoms with E-state index < -0.39 is 14.6 Å². The van der Waals surface area contributed by atoms with Crippen molar-refractivity contribution >= 4 is 14.6 Å². The van der Waals surface area contributed by atoms with Crippen molar-refractivity contribution in [2.24, 2.45) is 0 Å². The van der Waals surface area contributed by atoms with Crippen LogP contribution in [0.25, 0.3) is 0 Å². The first-order valence-electron chi connectivity index (χ1n) is 10.2. The van der Waals surface area contributed by atoms with Gasteiger partial charge in [0.2, 0.25) is 0 Å². The molecule has 1 aromatic rings. The number of carbonyl (C=O) groups excluding carboxylic acids is 1. The highest BCUT2D eigenvalue weighted by atomic mass is 28.4. The number of hydrogen-bond donors (Lipinski definition) is 0. The second kappa shape index (κ2) is 9.96. The lowest BCUT2D eigenvalue weighted by Crippen LogP contribution is -2.50. The van der Waals surface area contributed by atoms with Crippen molar-refractivity contribution in [3.8, 4) is 0 Å². The first kappa shape index (κ1) is 22.3. The molecular weight excluding hydrogens is 356 g/mol. The summed E-state index contributed by atoms with van der Waals surface area (Å²) in [5, 5.41) is 0. The summed E-state index contributed by atoms with van der Waals surface area (Å²) in [6.45, 7) is 14.3. The SMILES string of the molecule is CC(C)[Si](OC[C@H]1C[C@@H](CC=O)O[C@@H](c2ccccc2)O1)(C(C)C)C(C)C. The standard InChI is InChI=1S/C22H36O4Si/c1-16(2)27(17(3)4,18(5)6)24-15-21-14-20(12-13-23)25-22(26-21)19-10-8-7-9-11-19/h7-11,13,16-18,20-22H,12,14-15H2,1-6H3/t20-,21-,22-/m1/s1. The van der Waals surface area contributed by atoms with Crippen molar-refractivity contribution in [3.05, 3.63) is 35.9 Å². The summed E-state index contributed by atoms with van der Waals surface area (Å²) in [6.07, 6.45) is 1.41. The summed E-state index contributed by atoms with van der Waals surface area (Å²) in [5.41, 5.74) is 2.59. The third-order valence-electron chi connectivity index (χ3n) is 5.82. The minimum Gasteiger partial charge on any atom is -0.413 e. The fourth-order valence-electron chi connectivity index (χ4n) is 4.66. The predicted molar refractivity (Wildman–Crippen MR) is 111 cm³/mol. The quantitative estimate of drug-likeness (QED) is 0.403. The third-order valence-corrected chi connectivity index (χ3v) is 11.9. The molecule has 0 radical (unpaired) electrons. The summed E-state index contributed by atoms with van der Waals surface area (Å²) in [5.74, 6) is 0. The zero-order valence-electron chi connectivity index (χ0n) is 17.7. The minimum atomic E-state index is -1.94. The number of rotatable bonds is 9. The summed E-state index contributed by atoms with van der Waals surface area (Å²) in [6, 6.07) is 9.93. The Labute approximate surface area is 165 Å². The zero-order valence-corrected chi connectivity index (χ0v) is 18.7. The fraction of sp³-hybridized carbons (Fsp3) is 0.682. The molecule has 152 valence electrons. The number of benzene rings is 1. The molecule has 4 nitrogen and oxygen atoms in total. The maximum atomic E-state index is 11.1. The molecule has 0 N–H and O–H groups in total. The summed E-state index contributed by atoms with van der Waals surface area (Å²) in [7, 11) is -1.94. The molecule has 1 fully saturated rings. The zero-order chi connectivity index (χ0) is 20.0. The highest BCUT2D eigenvalue weighted by molar-refractivity contribution is 6.77. The number of aldehydes is 1. The maximum absolute atomic E-state index is 11.1. The van der Waals surface area contributed by atoms with Gasteiger partial charge in [-0.1, -0.05) is 71.9 Å². The van der Waals surface area contributed by atoms with Crippen LogP contribution >= 0.6 is 0 Å². The molecule has 1 saturated heterocycles. The van der Waals surface area contributed by atoms with Crippen LogP contribution in [0.3, 0.4) is 0 Å². The van der Waals surface area contributed by atoms with Crippen LogP contribution in [-0.4, -0.2) is 33.4 Å². The van der Waals surface area contributed by atoms with E-state index in [9.17, 15) is 4.79 Å². The lowest BCUT2D eigenvalue weighted by molar-refractivity contribution is -0.252. The summed E-state index contributed by atoms with van der Waals surface area (Å²) < 4.78 is 19.0. The van der Waals surface area contributed by atoms with Gasteiger partial charge < -0.3 is 18.7 Å². The van der Waals surface area contributed by atoms with E-state index in [4.69, 9.17) is 13.9 Å². The summed E-state index contributed by atoms with van der Waals surface area (Å²) in [4.78, 5) is 11.1. The van der Waals surface area contributed by atoms with Crippen LogP contribution in [0.15, 0.2) is 30.3 Å². The highest BCUT2D eigenvalue weighted by Gasteiger charge is 2.46. The van der Waals surface area contributed by atoms with E-state index in [2.05, 4.69) is 41.5 Å². The Bertz CT molecular complexity index is 551. The molecule has 0 aliphatic carbocycles. The van der Waals surface area contributed by atoms with Gasteiger partial charge in [0.05, 0.1) is 18.8 Å². The van der Waals surface area contributed by atoms with E-state index in [0.29, 0.717) is 36.1 Å². The van der Waals surface area contributed by atoms with Gasteiger partial charge in [-0.15, -0.1) is 0 Å². The molecule has 0 bridgehead atoms. The van der Waals surface area contributed by atoms with Crippen molar-refractivity contribution in [3.63, 3.8) is 0 Å². The highest BCUT2D eigenvalue weighted by Crippen LogP contribution is 2.43. The Morgan fingerprint density at radius 1 is 1.00 bits per heavy atom. The molecule has 2 rings (SSSR count). The van der Waals surface area contributed by atoms with Gasteiger partial charge >= 0.3 is 0 Å². The van der Waals surface area contributed by atoms with E-state index in [0.717, 1.165) is 11.8 Å². The van der Waals surface area contributed by atoms with Crippen LogP contribution in [0.1, 0.15) is 66.2 Å². The van der Waals surface area contributed by atoms with Gasteiger partial charge in [0.1, 0.15) is 6.29 Å². The second-order valence-electron chi connectivity index (χ2n) is 8.53. The number of carbonyl (C=O) groups is 1. The van der Waals surface area contributed by atoms with E-state index in [1.165, 1.54) is 0 Å². The molecule has 0 saturated carbocycles. The molecule has 1 aromatic carbocycles. The average molecular weight is 393 g/mol. The molecule has 1 heterocycles. The van der Waals surface area contributed by atoms with Crippen LogP contribution < -0.4 is 0 Å². The molecule has 3 atom stereocenters. The Morgan fingerprint density at radius 2 is 1.56 bits per heavy atom. The van der Waals surface area contributed by atoms with Gasteiger partial charge in [-0.25, -0.2) is 0 Å². The van der Waals surface area contributed by atoms with Crippen molar-refractivity contribution in [2.45, 2.75) is 89.5 Å². The first-order chi connectivity index (χ1) is 12.8. The average Bonchev–Trinajstić information content (AvgIpc) is 2.62. The first-order valence-corrected chi connectivity index (χ1v) is 12.4. The lowest BCUT2D eigenvalue weighted by atomic mass is 10.1. The van der Waals surface area contributed by atoms with Gasteiger partial charge in [-0.3, -0.25) is 0 Å². The summed E-state index contributed by atoms with van der Waals surface area (Å²) >= 11 is 0. The molecule has 0 amide bonds. The van der Waals surface area contributed by atoms with Gasteiger partial charge in [-0.2, -0.15) is 0 Å². The Balaban J connectivity index is 2.14. The van der Waals surface area contributed by atoms with Crippen LogP contribution in [0.2, 0.25) is 16.6 Å². The molecule has 1 aliphatic rings. The van der Waals surface area contributed by atoms with Crippen LogP contribution in [-0.2, 0) is 18.7 Å². The van der Waals surface area contributed by atoms with Crippen molar-refractivity contribution in [2.75, 3.05) is 6.61 Å². The second-order valence-corrected chi connectivity index (χ2v) is 14.0. The van der Waals surface area contributed by atoms with Gasteiger partial charge in [0.25, 0.3) is 0 Å². The lowest BCUT2D eigenvalue weighted by Gasteiger charge is -2.44. The van der Waals surface area contributed by atoms with E-state index in [1.54, 1.807) is 0 Å². The smallest absolute Gasteiger partial charge is 0.200 e. The molecule has 0 unspecified atom stereocenters. The van der Waals surface area contributed by atoms with E-state index in [1.807, 2.05) is 30.3 Å². The molecule has 0 aromatic heterocycles. The van der Waals surface area contributed by atoms with Gasteiger partial charge in [0.15, 0.2) is 14.6 Å². The molecule has 27 heavy (non-hydrogen) atoms. The fourth-order valence-corrected chi connectivity index (χ4v) is 10.1. The van der Waals surface area contributed by atoms with Crippen molar-refractivity contribution < 1.29 is 18.7 Å². The minimum absolute atomic E-state index is 0.0583. The Hall–Kier alpha value is -1.01. The maximum Gasteiger partial charge on any atom is 0.200 e. The van der Waals surface area contributed by atoms with Gasteiger partial charge in [0, 0.05) is 18.4 Å². The third kappa shape index (κ3) is 5.28. The molecule has 5 heteroatoms. The Kier molecular flexibility index (Phi) is 8.22. The largest absolute Gasteiger partial charge is 0.413 e. The normalized spacial score (nSPS) is 24.0. The van der Waals surface area contributed by atoms with Crippen LogP contribution in [0.4, 0.5) is 0 Å². The van der Waals surface area contributed by atoms with Crippen molar-refractivity contribution in [1.82, 2.24) is 0 Å². The molecule has 0 spiro atoms. The van der Waals surface area contributed by atoms with Gasteiger partial charge in [-0.05, 0) is 16.6 Å². The van der Waals surface area contributed by atoms with E-state index in [-0.39, 0.29) is 12.2 Å². The van der Waals surface area contributed by atoms with E-state index >= 15 is 0 Å². The Morgan fingerprint density at radius 3 is 2.07 bits per heavy atom. The van der Waals surface area contributed by atoms with Crippen molar-refractivity contribution in [1.29, 1.82) is 0 Å². The van der Waals surface area contributed by atoms with Crippen LogP contribution in [0, 0.1) is 0 Å². The molecule has 1 aliphatic heterocycles. The number of ether oxygens (including phenoxy) is 2. The molecular formula is C22H36O4Si.